The molecule has 0 spiro atoms. The first-order chi connectivity index (χ1) is 7.27. The summed E-state index contributed by atoms with van der Waals surface area (Å²) < 4.78 is 0. The van der Waals surface area contributed by atoms with Gasteiger partial charge < -0.3 is 5.32 Å². The highest BCUT2D eigenvalue weighted by Crippen LogP contribution is 2.16. The van der Waals surface area contributed by atoms with E-state index in [0.29, 0.717) is 16.3 Å². The van der Waals surface area contributed by atoms with E-state index >= 15 is 0 Å². The van der Waals surface area contributed by atoms with Crippen LogP contribution in [0.4, 0.5) is 5.69 Å². The molecule has 4 nitrogen and oxygen atoms in total. The van der Waals surface area contributed by atoms with E-state index in [2.05, 4.69) is 15.5 Å². The molecule has 2 aromatic rings. The molecule has 15 heavy (non-hydrogen) atoms. The monoisotopic (exact) mass is 221 g/mol. The van der Waals surface area contributed by atoms with E-state index in [4.69, 9.17) is 11.6 Å². The SMILES string of the molecule is O=C(Nc1cn[nH]c1)c1ccccc1Cl. The fourth-order valence-corrected chi connectivity index (χ4v) is 1.38. The molecule has 0 aliphatic heterocycles. The minimum atomic E-state index is -0.248. The highest BCUT2D eigenvalue weighted by molar-refractivity contribution is 6.34. The number of carbonyl (C=O) groups is 1. The Bertz CT molecular complexity index is 467. The number of anilines is 1. The van der Waals surface area contributed by atoms with E-state index in [1.165, 1.54) is 6.20 Å². The van der Waals surface area contributed by atoms with E-state index in [1.807, 2.05) is 0 Å². The number of hydrogen-bond donors (Lipinski definition) is 2. The molecule has 2 N–H and O–H groups in total. The van der Waals surface area contributed by atoms with Gasteiger partial charge in [0.25, 0.3) is 5.91 Å². The first-order valence-corrected chi connectivity index (χ1v) is 4.70. The molecule has 5 heteroatoms. The summed E-state index contributed by atoms with van der Waals surface area (Å²) in [5.74, 6) is -0.248. The molecule has 0 bridgehead atoms. The van der Waals surface area contributed by atoms with Crippen LogP contribution in [0.15, 0.2) is 36.7 Å². The standard InChI is InChI=1S/C10H8ClN3O/c11-9-4-2-1-3-8(9)10(15)14-7-5-12-13-6-7/h1-6H,(H,12,13)(H,14,15). The van der Waals surface area contributed by atoms with Crippen LogP contribution in [-0.2, 0) is 0 Å². The van der Waals surface area contributed by atoms with E-state index in [-0.39, 0.29) is 5.91 Å². The highest BCUT2D eigenvalue weighted by atomic mass is 35.5. The number of rotatable bonds is 2. The van der Waals surface area contributed by atoms with Crippen LogP contribution in [0.1, 0.15) is 10.4 Å². The number of H-pyrrole nitrogens is 1. The maximum atomic E-state index is 11.7. The molecule has 0 aliphatic rings. The molecular formula is C10H8ClN3O. The van der Waals surface area contributed by atoms with Crippen LogP contribution in [0.2, 0.25) is 5.02 Å². The van der Waals surface area contributed by atoms with Crippen LogP contribution >= 0.6 is 11.6 Å². The highest BCUT2D eigenvalue weighted by Gasteiger charge is 2.09. The number of hydrogen-bond acceptors (Lipinski definition) is 2. The summed E-state index contributed by atoms with van der Waals surface area (Å²) in [6.45, 7) is 0. The van der Waals surface area contributed by atoms with Gasteiger partial charge in [0.05, 0.1) is 22.5 Å². The van der Waals surface area contributed by atoms with Crippen molar-refractivity contribution in [3.63, 3.8) is 0 Å². The van der Waals surface area contributed by atoms with Gasteiger partial charge in [-0.25, -0.2) is 0 Å². The van der Waals surface area contributed by atoms with Crippen molar-refractivity contribution in [2.45, 2.75) is 0 Å². The first kappa shape index (κ1) is 9.73. The van der Waals surface area contributed by atoms with Gasteiger partial charge >= 0.3 is 0 Å². The molecule has 1 aromatic carbocycles. The van der Waals surface area contributed by atoms with Crippen LogP contribution in [0.25, 0.3) is 0 Å². The van der Waals surface area contributed by atoms with Gasteiger partial charge in [0.1, 0.15) is 0 Å². The van der Waals surface area contributed by atoms with Gasteiger partial charge in [-0.1, -0.05) is 23.7 Å². The zero-order chi connectivity index (χ0) is 10.7. The van der Waals surface area contributed by atoms with Crippen molar-refractivity contribution < 1.29 is 4.79 Å². The maximum Gasteiger partial charge on any atom is 0.257 e. The van der Waals surface area contributed by atoms with Gasteiger partial charge in [-0.2, -0.15) is 5.10 Å². The first-order valence-electron chi connectivity index (χ1n) is 4.32. The topological polar surface area (TPSA) is 57.8 Å². The molecule has 76 valence electrons. The normalized spacial score (nSPS) is 9.93. The van der Waals surface area contributed by atoms with Crippen molar-refractivity contribution in [2.24, 2.45) is 0 Å². The molecule has 0 saturated heterocycles. The van der Waals surface area contributed by atoms with Gasteiger partial charge in [-0.3, -0.25) is 9.89 Å². The molecule has 0 aliphatic carbocycles. The van der Waals surface area contributed by atoms with Crippen molar-refractivity contribution in [3.05, 3.63) is 47.2 Å². The second-order valence-corrected chi connectivity index (χ2v) is 3.33. The van der Waals surface area contributed by atoms with Crippen LogP contribution in [-0.4, -0.2) is 16.1 Å². The molecule has 0 atom stereocenters. The summed E-state index contributed by atoms with van der Waals surface area (Å²) in [5.41, 5.74) is 1.06. The summed E-state index contributed by atoms with van der Waals surface area (Å²) in [4.78, 5) is 11.7. The van der Waals surface area contributed by atoms with E-state index in [1.54, 1.807) is 30.5 Å². The van der Waals surface area contributed by atoms with E-state index in [0.717, 1.165) is 0 Å². The maximum absolute atomic E-state index is 11.7. The third-order valence-electron chi connectivity index (χ3n) is 1.87. The molecule has 0 fully saturated rings. The smallest absolute Gasteiger partial charge is 0.257 e. The number of carbonyl (C=O) groups excluding carboxylic acids is 1. The third-order valence-corrected chi connectivity index (χ3v) is 2.20. The summed E-state index contributed by atoms with van der Waals surface area (Å²) >= 11 is 5.87. The minimum Gasteiger partial charge on any atom is -0.319 e. The van der Waals surface area contributed by atoms with Crippen LogP contribution in [0, 0.1) is 0 Å². The number of aromatic nitrogens is 2. The van der Waals surface area contributed by atoms with Crippen molar-refractivity contribution in [3.8, 4) is 0 Å². The molecular weight excluding hydrogens is 214 g/mol. The summed E-state index contributed by atoms with van der Waals surface area (Å²) in [5, 5.41) is 9.41. The van der Waals surface area contributed by atoms with Gasteiger partial charge in [-0.15, -0.1) is 0 Å². The summed E-state index contributed by atoms with van der Waals surface area (Å²) in [6, 6.07) is 6.87. The Balaban J connectivity index is 2.19. The summed E-state index contributed by atoms with van der Waals surface area (Å²) in [7, 11) is 0. The Morgan fingerprint density at radius 1 is 1.40 bits per heavy atom. The average Bonchev–Trinajstić information content (AvgIpc) is 2.71. The van der Waals surface area contributed by atoms with Gasteiger partial charge in [0.15, 0.2) is 0 Å². The van der Waals surface area contributed by atoms with E-state index in [9.17, 15) is 4.79 Å². The van der Waals surface area contributed by atoms with Gasteiger partial charge in [0, 0.05) is 6.20 Å². The lowest BCUT2D eigenvalue weighted by Crippen LogP contribution is -2.11. The van der Waals surface area contributed by atoms with E-state index < -0.39 is 0 Å². The molecule has 0 saturated carbocycles. The molecule has 1 amide bonds. The number of amides is 1. The zero-order valence-corrected chi connectivity index (χ0v) is 8.45. The van der Waals surface area contributed by atoms with Crippen molar-refractivity contribution >= 4 is 23.2 Å². The Kier molecular flexibility index (Phi) is 2.69. The minimum absolute atomic E-state index is 0.248. The Morgan fingerprint density at radius 2 is 2.20 bits per heavy atom. The second kappa shape index (κ2) is 4.14. The average molecular weight is 222 g/mol. The number of nitrogens with one attached hydrogen (secondary N) is 2. The lowest BCUT2D eigenvalue weighted by Gasteiger charge is -2.03. The summed E-state index contributed by atoms with van der Waals surface area (Å²) in [6.07, 6.45) is 3.11. The van der Waals surface area contributed by atoms with Crippen LogP contribution in [0.5, 0.6) is 0 Å². The molecule has 2 rings (SSSR count). The number of halogens is 1. The Hall–Kier alpha value is -1.81. The van der Waals surface area contributed by atoms with Crippen molar-refractivity contribution in [1.29, 1.82) is 0 Å². The number of benzene rings is 1. The predicted molar refractivity (Wildman–Crippen MR) is 58.0 cm³/mol. The fourth-order valence-electron chi connectivity index (χ4n) is 1.16. The lowest BCUT2D eigenvalue weighted by atomic mass is 10.2. The Morgan fingerprint density at radius 3 is 2.87 bits per heavy atom. The third kappa shape index (κ3) is 2.16. The number of nitrogens with zero attached hydrogens (tertiary/aromatic N) is 1. The molecule has 1 heterocycles. The molecule has 0 radical (unpaired) electrons. The lowest BCUT2D eigenvalue weighted by molar-refractivity contribution is 0.102. The van der Waals surface area contributed by atoms with Crippen LogP contribution < -0.4 is 5.32 Å². The predicted octanol–water partition coefficient (Wildman–Crippen LogP) is 2.32. The molecule has 0 unspecified atom stereocenters. The largest absolute Gasteiger partial charge is 0.319 e. The molecule has 1 aromatic heterocycles. The second-order valence-electron chi connectivity index (χ2n) is 2.92. The number of aromatic amines is 1. The van der Waals surface area contributed by atoms with Gasteiger partial charge in [0.2, 0.25) is 0 Å². The van der Waals surface area contributed by atoms with Crippen molar-refractivity contribution in [2.75, 3.05) is 5.32 Å². The zero-order valence-electron chi connectivity index (χ0n) is 7.70. The van der Waals surface area contributed by atoms with Crippen LogP contribution in [0.3, 0.4) is 0 Å². The van der Waals surface area contributed by atoms with Gasteiger partial charge in [-0.05, 0) is 12.1 Å². The van der Waals surface area contributed by atoms with Crippen molar-refractivity contribution in [1.82, 2.24) is 10.2 Å². The fraction of sp³-hybridized carbons (Fsp3) is 0. The quantitative estimate of drug-likeness (QED) is 0.818. The Labute approximate surface area is 91.3 Å².